The van der Waals surface area contributed by atoms with Gasteiger partial charge in [-0.3, -0.25) is 19.4 Å². The highest BCUT2D eigenvalue weighted by atomic mass is 16.4. The van der Waals surface area contributed by atoms with E-state index in [-0.39, 0.29) is 0 Å². The Labute approximate surface area is 144 Å². The molecule has 0 aliphatic carbocycles. The molecule has 7 nitrogen and oxygen atoms in total. The number of aromatic nitrogens is 1. The first-order valence-corrected chi connectivity index (χ1v) is 7.53. The molecule has 130 valence electrons. The molecule has 1 aromatic heterocycles. The minimum Gasteiger partial charge on any atom is -0.480 e. The van der Waals surface area contributed by atoms with Gasteiger partial charge in [0.1, 0.15) is 0 Å². The maximum absolute atomic E-state index is 12.4. The molecule has 0 spiro atoms. The average Bonchev–Trinajstić information content (AvgIpc) is 2.60. The van der Waals surface area contributed by atoms with Crippen molar-refractivity contribution in [2.45, 2.75) is 13.8 Å². The summed E-state index contributed by atoms with van der Waals surface area (Å²) in [7, 11) is 0. The van der Waals surface area contributed by atoms with Crippen molar-refractivity contribution in [2.24, 2.45) is 5.41 Å². The lowest BCUT2D eigenvalue weighted by atomic mass is 9.90. The van der Waals surface area contributed by atoms with Gasteiger partial charge in [0.25, 0.3) is 5.91 Å². The molecule has 0 saturated heterocycles. The van der Waals surface area contributed by atoms with Gasteiger partial charge in [-0.2, -0.15) is 0 Å². The van der Waals surface area contributed by atoms with Gasteiger partial charge in [0.15, 0.2) is 5.41 Å². The van der Waals surface area contributed by atoms with E-state index in [4.69, 9.17) is 10.2 Å². The summed E-state index contributed by atoms with van der Waals surface area (Å²) in [5.41, 5.74) is 0.387. The van der Waals surface area contributed by atoms with Crippen LogP contribution in [0.15, 0.2) is 42.6 Å². The molecule has 2 aromatic rings. The molecule has 1 amide bonds. The van der Waals surface area contributed by atoms with Crippen molar-refractivity contribution in [2.75, 3.05) is 6.54 Å². The lowest BCUT2D eigenvalue weighted by Gasteiger charge is -2.20. The fourth-order valence-corrected chi connectivity index (χ4v) is 2.28. The Hall–Kier alpha value is -3.22. The Morgan fingerprint density at radius 2 is 1.76 bits per heavy atom. The molecule has 0 unspecified atom stereocenters. The van der Waals surface area contributed by atoms with Gasteiger partial charge in [0, 0.05) is 23.9 Å². The predicted octanol–water partition coefficient (Wildman–Crippen LogP) is 1.96. The standard InChI is InChI=1S/C18H18N2O5/c1-11-12(14-8-3-4-9-19-14)6-5-7-13(11)15(21)20-10-18(2,16(22)23)17(24)25/h3-9H,10H2,1-2H3,(H,20,21)(H,22,23)(H,24,25). The number of amides is 1. The van der Waals surface area contributed by atoms with Crippen molar-refractivity contribution >= 4 is 17.8 Å². The first-order valence-electron chi connectivity index (χ1n) is 7.53. The maximum Gasteiger partial charge on any atom is 0.322 e. The summed E-state index contributed by atoms with van der Waals surface area (Å²) in [6.45, 7) is 2.28. The van der Waals surface area contributed by atoms with Crippen LogP contribution in [0, 0.1) is 12.3 Å². The first-order chi connectivity index (χ1) is 11.8. The quantitative estimate of drug-likeness (QED) is 0.691. The zero-order chi connectivity index (χ0) is 18.6. The van der Waals surface area contributed by atoms with E-state index in [1.165, 1.54) is 0 Å². The van der Waals surface area contributed by atoms with Gasteiger partial charge < -0.3 is 15.5 Å². The van der Waals surface area contributed by atoms with Crippen LogP contribution in [0.2, 0.25) is 0 Å². The van der Waals surface area contributed by atoms with Crippen LogP contribution in [-0.2, 0) is 9.59 Å². The molecule has 0 aliphatic rings. The molecule has 1 heterocycles. The van der Waals surface area contributed by atoms with Crippen molar-refractivity contribution in [1.29, 1.82) is 0 Å². The number of nitrogens with zero attached hydrogens (tertiary/aromatic N) is 1. The van der Waals surface area contributed by atoms with Gasteiger partial charge in [-0.05, 0) is 37.6 Å². The van der Waals surface area contributed by atoms with Gasteiger partial charge in [-0.25, -0.2) is 0 Å². The molecular weight excluding hydrogens is 324 g/mol. The molecule has 0 bridgehead atoms. The summed E-state index contributed by atoms with van der Waals surface area (Å²) in [5.74, 6) is -3.57. The second-order valence-corrected chi connectivity index (χ2v) is 5.82. The zero-order valence-electron chi connectivity index (χ0n) is 13.8. The minimum atomic E-state index is -2.10. The van der Waals surface area contributed by atoms with Crippen molar-refractivity contribution in [3.05, 3.63) is 53.7 Å². The molecule has 2 rings (SSSR count). The number of carboxylic acid groups (broad SMARTS) is 2. The van der Waals surface area contributed by atoms with Crippen LogP contribution in [0.4, 0.5) is 0 Å². The number of aliphatic carboxylic acids is 2. The second kappa shape index (κ2) is 7.12. The summed E-state index contributed by atoms with van der Waals surface area (Å²) in [4.78, 5) is 39.0. The van der Waals surface area contributed by atoms with Crippen molar-refractivity contribution in [3.8, 4) is 11.3 Å². The van der Waals surface area contributed by atoms with E-state index in [1.807, 2.05) is 18.2 Å². The SMILES string of the molecule is Cc1c(C(=O)NCC(C)(C(=O)O)C(=O)O)cccc1-c1ccccn1. The van der Waals surface area contributed by atoms with Crippen molar-refractivity contribution in [3.63, 3.8) is 0 Å². The van der Waals surface area contributed by atoms with Crippen molar-refractivity contribution < 1.29 is 24.6 Å². The van der Waals surface area contributed by atoms with Crippen LogP contribution in [0.1, 0.15) is 22.8 Å². The van der Waals surface area contributed by atoms with Crippen LogP contribution in [0.5, 0.6) is 0 Å². The summed E-state index contributed by atoms with van der Waals surface area (Å²) < 4.78 is 0. The van der Waals surface area contributed by atoms with Gasteiger partial charge in [-0.1, -0.05) is 18.2 Å². The largest absolute Gasteiger partial charge is 0.480 e. The topological polar surface area (TPSA) is 117 Å². The number of nitrogens with one attached hydrogen (secondary N) is 1. The average molecular weight is 342 g/mol. The molecule has 0 fully saturated rings. The Morgan fingerprint density at radius 3 is 2.32 bits per heavy atom. The number of carbonyl (C=O) groups excluding carboxylic acids is 1. The van der Waals surface area contributed by atoms with Crippen LogP contribution in [0.3, 0.4) is 0 Å². The van der Waals surface area contributed by atoms with Gasteiger partial charge in [0.2, 0.25) is 0 Å². The number of rotatable bonds is 6. The third kappa shape index (κ3) is 3.65. The Balaban J connectivity index is 2.26. The molecule has 0 radical (unpaired) electrons. The normalized spacial score (nSPS) is 11.0. The number of benzene rings is 1. The third-order valence-corrected chi connectivity index (χ3v) is 4.07. The Bertz CT molecular complexity index is 803. The highest BCUT2D eigenvalue weighted by Gasteiger charge is 2.42. The number of hydrogen-bond donors (Lipinski definition) is 3. The number of carbonyl (C=O) groups is 3. The Morgan fingerprint density at radius 1 is 1.08 bits per heavy atom. The highest BCUT2D eigenvalue weighted by molar-refractivity contribution is 6.01. The molecule has 0 atom stereocenters. The fraction of sp³-hybridized carbons (Fsp3) is 0.222. The third-order valence-electron chi connectivity index (χ3n) is 4.07. The molecule has 25 heavy (non-hydrogen) atoms. The molecule has 0 aliphatic heterocycles. The summed E-state index contributed by atoms with van der Waals surface area (Å²) >= 11 is 0. The summed E-state index contributed by atoms with van der Waals surface area (Å²) in [6.07, 6.45) is 1.65. The lowest BCUT2D eigenvalue weighted by molar-refractivity contribution is -0.162. The fourth-order valence-electron chi connectivity index (χ4n) is 2.28. The molecule has 3 N–H and O–H groups in total. The molecule has 7 heteroatoms. The second-order valence-electron chi connectivity index (χ2n) is 5.82. The van der Waals surface area contributed by atoms with E-state index in [0.717, 1.165) is 12.5 Å². The highest BCUT2D eigenvalue weighted by Crippen LogP contribution is 2.24. The van der Waals surface area contributed by atoms with Crippen molar-refractivity contribution in [1.82, 2.24) is 10.3 Å². The van der Waals surface area contributed by atoms with E-state index in [2.05, 4.69) is 10.3 Å². The van der Waals surface area contributed by atoms with Gasteiger partial charge in [0.05, 0.1) is 5.69 Å². The van der Waals surface area contributed by atoms with E-state index in [9.17, 15) is 14.4 Å². The monoisotopic (exact) mass is 342 g/mol. The van der Waals surface area contributed by atoms with Crippen LogP contribution < -0.4 is 5.32 Å². The van der Waals surface area contributed by atoms with Crippen LogP contribution in [0.25, 0.3) is 11.3 Å². The number of carboxylic acids is 2. The summed E-state index contributed by atoms with van der Waals surface area (Å²) in [6, 6.07) is 10.5. The zero-order valence-corrected chi connectivity index (χ0v) is 13.8. The van der Waals surface area contributed by atoms with Gasteiger partial charge in [-0.15, -0.1) is 0 Å². The van der Waals surface area contributed by atoms with Crippen LogP contribution in [-0.4, -0.2) is 39.6 Å². The smallest absolute Gasteiger partial charge is 0.322 e. The van der Waals surface area contributed by atoms with Crippen LogP contribution >= 0.6 is 0 Å². The first kappa shape index (κ1) is 18.1. The molecule has 0 saturated carbocycles. The number of pyridine rings is 1. The van der Waals surface area contributed by atoms with E-state index >= 15 is 0 Å². The predicted molar refractivity (Wildman–Crippen MR) is 90.1 cm³/mol. The maximum atomic E-state index is 12.4. The minimum absolute atomic E-state index is 0.335. The molecular formula is C18H18N2O5. The lowest BCUT2D eigenvalue weighted by Crippen LogP contribution is -2.46. The Kier molecular flexibility index (Phi) is 5.17. The van der Waals surface area contributed by atoms with E-state index in [0.29, 0.717) is 16.8 Å². The van der Waals surface area contributed by atoms with E-state index < -0.39 is 29.8 Å². The molecule has 1 aromatic carbocycles. The summed E-state index contributed by atoms with van der Waals surface area (Å²) in [5, 5.41) is 20.6. The van der Waals surface area contributed by atoms with Gasteiger partial charge >= 0.3 is 11.9 Å². The van der Waals surface area contributed by atoms with E-state index in [1.54, 1.807) is 31.3 Å². The number of hydrogen-bond acceptors (Lipinski definition) is 4.